The SMILES string of the molecule is O=C(O)[C@@H]1CCCN1.[KH]. The molecule has 3 nitrogen and oxygen atoms in total. The summed E-state index contributed by atoms with van der Waals surface area (Å²) in [6.45, 7) is 0.858. The van der Waals surface area contributed by atoms with Crippen LogP contribution in [0.2, 0.25) is 0 Å². The van der Waals surface area contributed by atoms with Gasteiger partial charge in [0.2, 0.25) is 0 Å². The fourth-order valence-corrected chi connectivity index (χ4v) is 0.895. The van der Waals surface area contributed by atoms with Gasteiger partial charge in [-0.05, 0) is 19.4 Å². The first-order valence-corrected chi connectivity index (χ1v) is 2.77. The van der Waals surface area contributed by atoms with Gasteiger partial charge in [0.05, 0.1) is 0 Å². The molecule has 0 radical (unpaired) electrons. The Kier molecular flexibility index (Phi) is 5.39. The molecule has 9 heavy (non-hydrogen) atoms. The van der Waals surface area contributed by atoms with Crippen molar-refractivity contribution in [1.29, 1.82) is 0 Å². The number of hydrogen-bond acceptors (Lipinski definition) is 2. The van der Waals surface area contributed by atoms with Gasteiger partial charge in [-0.25, -0.2) is 0 Å². The molecule has 0 aromatic heterocycles. The van der Waals surface area contributed by atoms with Crippen molar-refractivity contribution in [3.05, 3.63) is 0 Å². The topological polar surface area (TPSA) is 49.3 Å². The first-order valence-electron chi connectivity index (χ1n) is 2.77. The Morgan fingerprint density at radius 2 is 2.33 bits per heavy atom. The summed E-state index contributed by atoms with van der Waals surface area (Å²) in [6.07, 6.45) is 1.78. The molecule has 48 valence electrons. The Morgan fingerprint density at radius 3 is 2.56 bits per heavy atom. The third-order valence-corrected chi connectivity index (χ3v) is 1.36. The summed E-state index contributed by atoms with van der Waals surface area (Å²) in [5.41, 5.74) is 0. The fourth-order valence-electron chi connectivity index (χ4n) is 0.895. The molecule has 0 saturated carbocycles. The summed E-state index contributed by atoms with van der Waals surface area (Å²) >= 11 is 0. The molecule has 0 aromatic rings. The van der Waals surface area contributed by atoms with Gasteiger partial charge < -0.3 is 10.4 Å². The van der Waals surface area contributed by atoms with Crippen LogP contribution in [0.5, 0.6) is 0 Å². The van der Waals surface area contributed by atoms with Crippen molar-refractivity contribution in [3.8, 4) is 0 Å². The summed E-state index contributed by atoms with van der Waals surface area (Å²) in [5, 5.41) is 11.2. The Labute approximate surface area is 96.6 Å². The molecule has 1 atom stereocenters. The number of carboxylic acid groups (broad SMARTS) is 1. The normalized spacial score (nSPS) is 25.1. The minimum atomic E-state index is -0.720. The second-order valence-corrected chi connectivity index (χ2v) is 1.99. The van der Waals surface area contributed by atoms with Crippen LogP contribution >= 0.6 is 0 Å². The van der Waals surface area contributed by atoms with Gasteiger partial charge in [0.1, 0.15) is 6.04 Å². The van der Waals surface area contributed by atoms with E-state index in [0.717, 1.165) is 19.4 Å². The summed E-state index contributed by atoms with van der Waals surface area (Å²) in [6, 6.07) is -0.269. The van der Waals surface area contributed by atoms with Crippen molar-refractivity contribution in [3.63, 3.8) is 0 Å². The van der Waals surface area contributed by atoms with Gasteiger partial charge in [0, 0.05) is 0 Å². The van der Waals surface area contributed by atoms with Gasteiger partial charge in [-0.3, -0.25) is 4.79 Å². The van der Waals surface area contributed by atoms with Gasteiger partial charge >= 0.3 is 57.4 Å². The third-order valence-electron chi connectivity index (χ3n) is 1.36. The van der Waals surface area contributed by atoms with Gasteiger partial charge in [-0.2, -0.15) is 0 Å². The van der Waals surface area contributed by atoms with Crippen LogP contribution in [0.25, 0.3) is 0 Å². The van der Waals surface area contributed by atoms with Crippen LogP contribution < -0.4 is 5.32 Å². The van der Waals surface area contributed by atoms with Crippen LogP contribution in [0.3, 0.4) is 0 Å². The zero-order chi connectivity index (χ0) is 5.98. The monoisotopic (exact) mass is 155 g/mol. The molecule has 1 heterocycles. The molecule has 0 spiro atoms. The van der Waals surface area contributed by atoms with Crippen LogP contribution in [-0.4, -0.2) is 75.0 Å². The molecule has 0 aromatic carbocycles. The van der Waals surface area contributed by atoms with E-state index >= 15 is 0 Å². The summed E-state index contributed by atoms with van der Waals surface area (Å²) in [4.78, 5) is 10.1. The molecule has 1 rings (SSSR count). The average Bonchev–Trinajstić information content (AvgIpc) is 2.12. The summed E-state index contributed by atoms with van der Waals surface area (Å²) in [7, 11) is 0. The van der Waals surface area contributed by atoms with Crippen LogP contribution in [0.4, 0.5) is 0 Å². The van der Waals surface area contributed by atoms with Crippen LogP contribution in [0.15, 0.2) is 0 Å². The van der Waals surface area contributed by atoms with E-state index in [1.807, 2.05) is 0 Å². The number of aliphatic carboxylic acids is 1. The predicted molar refractivity (Wildman–Crippen MR) is 35.8 cm³/mol. The number of nitrogens with one attached hydrogen (secondary N) is 1. The number of rotatable bonds is 1. The molecule has 1 fully saturated rings. The average molecular weight is 155 g/mol. The standard InChI is InChI=1S/C5H9NO2.K.H/c7-5(8)4-2-1-3-6-4;;/h4,6H,1-3H2,(H,7,8);;/t4-;;/m0../s1. The quantitative estimate of drug-likeness (QED) is 0.486. The van der Waals surface area contributed by atoms with Gasteiger partial charge in [0.25, 0.3) is 0 Å². The zero-order valence-corrected chi connectivity index (χ0v) is 4.55. The van der Waals surface area contributed by atoms with E-state index in [-0.39, 0.29) is 57.4 Å². The van der Waals surface area contributed by atoms with Crippen molar-refractivity contribution in [2.75, 3.05) is 6.54 Å². The molecule has 1 saturated heterocycles. The van der Waals surface area contributed by atoms with Crippen LogP contribution in [0.1, 0.15) is 12.8 Å². The van der Waals surface area contributed by atoms with Crippen molar-refractivity contribution < 1.29 is 9.90 Å². The summed E-state index contributed by atoms with van der Waals surface area (Å²) in [5.74, 6) is -0.720. The molecule has 2 N–H and O–H groups in total. The number of carboxylic acids is 1. The molecule has 4 heteroatoms. The van der Waals surface area contributed by atoms with E-state index in [1.54, 1.807) is 0 Å². The van der Waals surface area contributed by atoms with E-state index in [4.69, 9.17) is 5.11 Å². The van der Waals surface area contributed by atoms with Gasteiger partial charge in [-0.1, -0.05) is 0 Å². The minimum absolute atomic E-state index is 0. The molecule has 0 aliphatic carbocycles. The summed E-state index contributed by atoms with van der Waals surface area (Å²) < 4.78 is 0. The van der Waals surface area contributed by atoms with E-state index in [0.29, 0.717) is 0 Å². The van der Waals surface area contributed by atoms with E-state index < -0.39 is 5.97 Å². The Bertz CT molecular complexity index is 101. The van der Waals surface area contributed by atoms with Crippen LogP contribution in [-0.2, 0) is 4.79 Å². The fraction of sp³-hybridized carbons (Fsp3) is 0.800. The van der Waals surface area contributed by atoms with Crippen molar-refractivity contribution >= 4 is 57.4 Å². The van der Waals surface area contributed by atoms with Crippen molar-refractivity contribution in [2.45, 2.75) is 18.9 Å². The van der Waals surface area contributed by atoms with Crippen molar-refractivity contribution in [1.82, 2.24) is 5.32 Å². The molecule has 0 amide bonds. The Balaban J connectivity index is 0.000000640. The van der Waals surface area contributed by atoms with E-state index in [1.165, 1.54) is 0 Å². The second-order valence-electron chi connectivity index (χ2n) is 1.99. The van der Waals surface area contributed by atoms with Gasteiger partial charge in [0.15, 0.2) is 0 Å². The number of carbonyl (C=O) groups is 1. The molecule has 0 unspecified atom stereocenters. The first kappa shape index (κ1) is 10.1. The van der Waals surface area contributed by atoms with E-state index in [9.17, 15) is 4.79 Å². The Hall–Kier alpha value is 1.07. The Morgan fingerprint density at radius 1 is 1.67 bits per heavy atom. The molecule has 0 bridgehead atoms. The second kappa shape index (κ2) is 4.82. The predicted octanol–water partition coefficient (Wildman–Crippen LogP) is -0.826. The van der Waals surface area contributed by atoms with E-state index in [2.05, 4.69) is 5.32 Å². The maximum absolute atomic E-state index is 10.1. The van der Waals surface area contributed by atoms with Gasteiger partial charge in [-0.15, -0.1) is 0 Å². The molecular formula is C5H10KNO2. The molecular weight excluding hydrogens is 145 g/mol. The van der Waals surface area contributed by atoms with Crippen LogP contribution in [0, 0.1) is 0 Å². The first-order chi connectivity index (χ1) is 3.80. The molecule has 1 aliphatic heterocycles. The molecule has 1 aliphatic rings. The zero-order valence-electron chi connectivity index (χ0n) is 4.55. The number of hydrogen-bond donors (Lipinski definition) is 2. The maximum atomic E-state index is 10.1. The third kappa shape index (κ3) is 3.11. The van der Waals surface area contributed by atoms with Crippen molar-refractivity contribution in [2.24, 2.45) is 0 Å².